The molecule has 4 heteroatoms. The van der Waals surface area contributed by atoms with Crippen molar-refractivity contribution in [1.29, 1.82) is 0 Å². The summed E-state index contributed by atoms with van der Waals surface area (Å²) in [5, 5.41) is 9.77. The molecule has 0 aliphatic carbocycles. The lowest BCUT2D eigenvalue weighted by molar-refractivity contribution is 0.0232. The minimum Gasteiger partial charge on any atom is -0.507 e. The summed E-state index contributed by atoms with van der Waals surface area (Å²) in [5.41, 5.74) is 1.08. The van der Waals surface area contributed by atoms with Gasteiger partial charge >= 0.3 is 5.97 Å². The van der Waals surface area contributed by atoms with E-state index in [-0.39, 0.29) is 17.4 Å². The first-order valence-electron chi connectivity index (χ1n) is 5.76. The van der Waals surface area contributed by atoms with Crippen LogP contribution in [-0.2, 0) is 11.2 Å². The second kappa shape index (κ2) is 4.65. The van der Waals surface area contributed by atoms with Crippen molar-refractivity contribution in [2.75, 3.05) is 7.11 Å². The van der Waals surface area contributed by atoms with Crippen molar-refractivity contribution in [1.82, 2.24) is 0 Å². The molecule has 2 rings (SSSR count). The van der Waals surface area contributed by atoms with Gasteiger partial charge in [0, 0.05) is 12.5 Å². The summed E-state index contributed by atoms with van der Waals surface area (Å²) in [6.07, 6.45) is 2.35. The summed E-state index contributed by atoms with van der Waals surface area (Å²) in [6.45, 7) is 2.05. The van der Waals surface area contributed by atoms with Crippen molar-refractivity contribution >= 4 is 5.97 Å². The Kier molecular flexibility index (Phi) is 3.22. The molecule has 0 saturated carbocycles. The number of benzene rings is 1. The summed E-state index contributed by atoms with van der Waals surface area (Å²) in [5.74, 6) is 0.0513. The molecule has 0 aromatic heterocycles. The van der Waals surface area contributed by atoms with Crippen LogP contribution in [-0.4, -0.2) is 24.3 Å². The van der Waals surface area contributed by atoms with Gasteiger partial charge in [-0.2, -0.15) is 0 Å². The first-order chi connectivity index (χ1) is 8.15. The number of fused-ring (bicyclic) bond motifs is 1. The molecule has 0 unspecified atom stereocenters. The van der Waals surface area contributed by atoms with E-state index in [1.54, 1.807) is 6.07 Å². The van der Waals surface area contributed by atoms with Crippen molar-refractivity contribution in [2.45, 2.75) is 32.3 Å². The fourth-order valence-electron chi connectivity index (χ4n) is 2.15. The number of carbonyl (C=O) groups is 1. The highest BCUT2D eigenvalue weighted by atomic mass is 16.5. The maximum atomic E-state index is 11.8. The van der Waals surface area contributed by atoms with Gasteiger partial charge in [0.1, 0.15) is 23.2 Å². The van der Waals surface area contributed by atoms with Gasteiger partial charge in [-0.15, -0.1) is 0 Å². The van der Waals surface area contributed by atoms with E-state index in [1.807, 2.05) is 6.92 Å². The van der Waals surface area contributed by atoms with E-state index in [0.29, 0.717) is 12.2 Å². The Bertz CT molecular complexity index is 439. The monoisotopic (exact) mass is 236 g/mol. The molecule has 0 amide bonds. The Labute approximate surface area is 100 Å². The molecule has 1 N–H and O–H groups in total. The molecular formula is C13H16O4. The van der Waals surface area contributed by atoms with Crippen LogP contribution in [0, 0.1) is 0 Å². The lowest BCUT2D eigenvalue weighted by Gasteiger charge is -2.25. The van der Waals surface area contributed by atoms with Gasteiger partial charge in [-0.05, 0) is 18.1 Å². The molecule has 0 bridgehead atoms. The first-order valence-corrected chi connectivity index (χ1v) is 5.76. The third-order valence-corrected chi connectivity index (χ3v) is 2.94. The highest BCUT2D eigenvalue weighted by Crippen LogP contribution is 2.33. The molecule has 0 saturated heterocycles. The van der Waals surface area contributed by atoms with Crippen LogP contribution in [0.3, 0.4) is 0 Å². The van der Waals surface area contributed by atoms with Crippen molar-refractivity contribution in [3.05, 3.63) is 23.3 Å². The summed E-state index contributed by atoms with van der Waals surface area (Å²) in [7, 11) is 1.53. The van der Waals surface area contributed by atoms with Gasteiger partial charge in [0.05, 0.1) is 7.11 Å². The third-order valence-electron chi connectivity index (χ3n) is 2.94. The predicted octanol–water partition coefficient (Wildman–Crippen LogP) is 2.28. The summed E-state index contributed by atoms with van der Waals surface area (Å²) >= 11 is 0. The van der Waals surface area contributed by atoms with Gasteiger partial charge in [-0.1, -0.05) is 13.3 Å². The molecular weight excluding hydrogens is 220 g/mol. The number of aromatic hydroxyl groups is 1. The van der Waals surface area contributed by atoms with Gasteiger partial charge < -0.3 is 14.6 Å². The van der Waals surface area contributed by atoms with Crippen LogP contribution in [0.25, 0.3) is 0 Å². The normalized spacial score (nSPS) is 18.5. The van der Waals surface area contributed by atoms with Gasteiger partial charge in [-0.25, -0.2) is 4.79 Å². The van der Waals surface area contributed by atoms with Crippen molar-refractivity contribution in [3.8, 4) is 11.5 Å². The number of methoxy groups -OCH3 is 1. The fourth-order valence-corrected chi connectivity index (χ4v) is 2.15. The van der Waals surface area contributed by atoms with Crippen LogP contribution in [0.5, 0.6) is 11.5 Å². The fraction of sp³-hybridized carbons (Fsp3) is 0.462. The summed E-state index contributed by atoms with van der Waals surface area (Å²) < 4.78 is 10.3. The van der Waals surface area contributed by atoms with Crippen LogP contribution in [0.4, 0.5) is 0 Å². The zero-order chi connectivity index (χ0) is 12.4. The molecule has 1 aromatic rings. The first kappa shape index (κ1) is 11.8. The minimum atomic E-state index is -0.440. The molecule has 1 atom stereocenters. The second-order valence-corrected chi connectivity index (χ2v) is 4.20. The second-order valence-electron chi connectivity index (χ2n) is 4.20. The molecule has 92 valence electrons. The Balaban J connectivity index is 2.38. The Morgan fingerprint density at radius 2 is 2.29 bits per heavy atom. The number of phenols is 1. The van der Waals surface area contributed by atoms with E-state index in [4.69, 9.17) is 9.47 Å². The van der Waals surface area contributed by atoms with E-state index >= 15 is 0 Å². The maximum Gasteiger partial charge on any atom is 0.342 e. The summed E-state index contributed by atoms with van der Waals surface area (Å²) in [4.78, 5) is 11.8. The number of cyclic esters (lactones) is 1. The SMILES string of the molecule is CCC[C@@H]1Cc2cc(OC)cc(O)c2C(=O)O1. The highest BCUT2D eigenvalue weighted by molar-refractivity contribution is 5.95. The Morgan fingerprint density at radius 1 is 1.53 bits per heavy atom. The quantitative estimate of drug-likeness (QED) is 0.818. The minimum absolute atomic E-state index is 0.0701. The van der Waals surface area contributed by atoms with Gasteiger partial charge in [0.25, 0.3) is 0 Å². The Hall–Kier alpha value is -1.71. The van der Waals surface area contributed by atoms with Crippen LogP contribution in [0.15, 0.2) is 12.1 Å². The Morgan fingerprint density at radius 3 is 2.94 bits per heavy atom. The average Bonchev–Trinajstić information content (AvgIpc) is 2.28. The van der Waals surface area contributed by atoms with Crippen molar-refractivity contribution in [3.63, 3.8) is 0 Å². The number of ether oxygens (including phenoxy) is 2. The zero-order valence-electron chi connectivity index (χ0n) is 10.0. The molecule has 1 aliphatic heterocycles. The average molecular weight is 236 g/mol. The topological polar surface area (TPSA) is 55.8 Å². The lowest BCUT2D eigenvalue weighted by atomic mass is 9.95. The molecule has 1 heterocycles. The molecule has 0 spiro atoms. The number of hydrogen-bond acceptors (Lipinski definition) is 4. The van der Waals surface area contributed by atoms with Crippen LogP contribution >= 0.6 is 0 Å². The van der Waals surface area contributed by atoms with Crippen molar-refractivity contribution in [2.24, 2.45) is 0 Å². The van der Waals surface area contributed by atoms with E-state index in [2.05, 4.69) is 0 Å². The number of hydrogen-bond donors (Lipinski definition) is 1. The number of phenolic OH excluding ortho intramolecular Hbond substituents is 1. The molecule has 17 heavy (non-hydrogen) atoms. The zero-order valence-corrected chi connectivity index (χ0v) is 10.0. The lowest BCUT2D eigenvalue weighted by Crippen LogP contribution is -2.27. The predicted molar refractivity (Wildman–Crippen MR) is 62.5 cm³/mol. The maximum absolute atomic E-state index is 11.8. The van der Waals surface area contributed by atoms with Crippen molar-refractivity contribution < 1.29 is 19.4 Å². The molecule has 1 aromatic carbocycles. The van der Waals surface area contributed by atoms with Gasteiger partial charge in [-0.3, -0.25) is 0 Å². The van der Waals surface area contributed by atoms with E-state index in [0.717, 1.165) is 18.4 Å². The number of rotatable bonds is 3. The van der Waals surface area contributed by atoms with Crippen LogP contribution < -0.4 is 4.74 Å². The number of esters is 1. The van der Waals surface area contributed by atoms with Gasteiger partial charge in [0.2, 0.25) is 0 Å². The third kappa shape index (κ3) is 2.20. The van der Waals surface area contributed by atoms with E-state index < -0.39 is 5.97 Å². The van der Waals surface area contributed by atoms with E-state index in [9.17, 15) is 9.90 Å². The largest absolute Gasteiger partial charge is 0.507 e. The van der Waals surface area contributed by atoms with Gasteiger partial charge in [0.15, 0.2) is 0 Å². The smallest absolute Gasteiger partial charge is 0.342 e. The number of carbonyl (C=O) groups excluding carboxylic acids is 1. The van der Waals surface area contributed by atoms with Crippen LogP contribution in [0.2, 0.25) is 0 Å². The van der Waals surface area contributed by atoms with E-state index in [1.165, 1.54) is 13.2 Å². The standard InChI is InChI=1S/C13H16O4/c1-3-4-9-5-8-6-10(16-2)7-11(14)12(8)13(15)17-9/h6-7,9,14H,3-5H2,1-2H3/t9-/m1/s1. The summed E-state index contributed by atoms with van der Waals surface area (Å²) in [6, 6.07) is 3.22. The molecule has 4 nitrogen and oxygen atoms in total. The highest BCUT2D eigenvalue weighted by Gasteiger charge is 2.29. The molecule has 1 aliphatic rings. The molecule has 0 radical (unpaired) electrons. The molecule has 0 fully saturated rings. The van der Waals surface area contributed by atoms with Crippen LogP contribution in [0.1, 0.15) is 35.7 Å².